The second kappa shape index (κ2) is 8.56. The molecule has 3 aromatic rings. The number of pyridine rings is 1. The number of aryl methyl sites for hydroxylation is 1. The average molecular weight is 487 g/mol. The first-order valence-electron chi connectivity index (χ1n) is 10.9. The number of fused-ring (bicyclic) bond motifs is 1. The Bertz CT molecular complexity index is 1460. The molecule has 1 saturated carbocycles. The van der Waals surface area contributed by atoms with Crippen molar-refractivity contribution in [1.29, 1.82) is 5.26 Å². The smallest absolute Gasteiger partial charge is 0.253 e. The van der Waals surface area contributed by atoms with Crippen LogP contribution in [0.15, 0.2) is 41.4 Å². The molecule has 1 aliphatic rings. The van der Waals surface area contributed by atoms with Gasteiger partial charge in [-0.05, 0) is 63.3 Å². The van der Waals surface area contributed by atoms with Crippen LogP contribution in [-0.2, 0) is 26.5 Å². The molecule has 1 aliphatic carbocycles. The van der Waals surface area contributed by atoms with E-state index in [0.717, 1.165) is 48.0 Å². The number of nitrogens with one attached hydrogen (secondary N) is 1. The Morgan fingerprint density at radius 3 is 2.36 bits per heavy atom. The normalized spacial score (nSPS) is 15.0. The van der Waals surface area contributed by atoms with E-state index in [1.807, 2.05) is 19.2 Å². The third-order valence-electron chi connectivity index (χ3n) is 6.14. The van der Waals surface area contributed by atoms with Gasteiger partial charge in [0, 0.05) is 17.1 Å². The third-order valence-corrected chi connectivity index (χ3v) is 10.1. The van der Waals surface area contributed by atoms with Gasteiger partial charge in [-0.3, -0.25) is 4.98 Å². The Labute approximate surface area is 194 Å². The van der Waals surface area contributed by atoms with Gasteiger partial charge in [-0.15, -0.1) is 4.13 Å². The largest absolute Gasteiger partial charge is 0.335 e. The monoisotopic (exact) mass is 486 g/mol. The van der Waals surface area contributed by atoms with Gasteiger partial charge in [-0.1, -0.05) is 19.1 Å². The Morgan fingerprint density at radius 1 is 1.18 bits per heavy atom. The third kappa shape index (κ3) is 4.16. The molecule has 0 saturated heterocycles. The van der Waals surface area contributed by atoms with Gasteiger partial charge >= 0.3 is 0 Å². The maximum Gasteiger partial charge on any atom is 0.253 e. The van der Waals surface area contributed by atoms with Crippen LogP contribution in [-0.4, -0.2) is 31.6 Å². The Morgan fingerprint density at radius 2 is 1.85 bits per heavy atom. The summed E-state index contributed by atoms with van der Waals surface area (Å²) in [4.78, 5) is 4.37. The van der Waals surface area contributed by atoms with Crippen LogP contribution in [0.5, 0.6) is 0 Å². The fraction of sp³-hybridized carbons (Fsp3) is 0.391. The molecule has 4 rings (SSSR count). The number of nitrogens with zero attached hydrogens (tertiary/aromatic N) is 3. The number of hydrogen-bond acceptors (Lipinski definition) is 6. The van der Waals surface area contributed by atoms with Crippen LogP contribution < -0.4 is 4.13 Å². The summed E-state index contributed by atoms with van der Waals surface area (Å²) in [6, 6.07) is 10.5. The minimum atomic E-state index is -4.25. The fourth-order valence-corrected chi connectivity index (χ4v) is 6.83. The van der Waals surface area contributed by atoms with E-state index in [1.54, 1.807) is 16.3 Å². The zero-order valence-corrected chi connectivity index (χ0v) is 20.4. The highest BCUT2D eigenvalue weighted by atomic mass is 32.3. The summed E-state index contributed by atoms with van der Waals surface area (Å²) in [5.74, 6) is 0. The van der Waals surface area contributed by atoms with Gasteiger partial charge < -0.3 is 4.57 Å². The minimum absolute atomic E-state index is 0.157. The highest BCUT2D eigenvalue weighted by Gasteiger charge is 2.29. The predicted octanol–water partition coefficient (Wildman–Crippen LogP) is 3.88. The molecule has 33 heavy (non-hydrogen) atoms. The summed E-state index contributed by atoms with van der Waals surface area (Å²) in [5.41, 5.74) is 3.75. The Kier molecular flexibility index (Phi) is 6.07. The second-order valence-corrected chi connectivity index (χ2v) is 12.7. The molecule has 0 spiro atoms. The fourth-order valence-electron chi connectivity index (χ4n) is 3.96. The van der Waals surface area contributed by atoms with Gasteiger partial charge in [0.05, 0.1) is 33.1 Å². The minimum Gasteiger partial charge on any atom is -0.335 e. The molecule has 174 valence electrons. The van der Waals surface area contributed by atoms with Gasteiger partial charge in [0.25, 0.3) is 10.0 Å². The van der Waals surface area contributed by atoms with Gasteiger partial charge in [0.2, 0.25) is 10.0 Å². The maximum absolute atomic E-state index is 12.6. The van der Waals surface area contributed by atoms with Crippen LogP contribution in [0.1, 0.15) is 57.3 Å². The zero-order valence-electron chi connectivity index (χ0n) is 18.7. The lowest BCUT2D eigenvalue weighted by Gasteiger charge is -2.30. The van der Waals surface area contributed by atoms with Crippen LogP contribution in [0.2, 0.25) is 0 Å². The molecule has 8 nitrogen and oxygen atoms in total. The van der Waals surface area contributed by atoms with Crippen LogP contribution in [0.3, 0.4) is 0 Å². The van der Waals surface area contributed by atoms with E-state index in [0.29, 0.717) is 11.1 Å². The van der Waals surface area contributed by atoms with Crippen LogP contribution >= 0.6 is 0 Å². The topological polar surface area (TPSA) is 122 Å². The Hall–Kier alpha value is -2.74. The quantitative estimate of drug-likeness (QED) is 0.541. The van der Waals surface area contributed by atoms with Crippen molar-refractivity contribution < 1.29 is 16.8 Å². The molecule has 0 radical (unpaired) electrons. The molecule has 10 heteroatoms. The van der Waals surface area contributed by atoms with E-state index < -0.39 is 25.3 Å². The first-order chi connectivity index (χ1) is 15.6. The average Bonchev–Trinajstić information content (AvgIpc) is 3.05. The molecule has 0 aliphatic heterocycles. The number of sulfonamides is 2. The summed E-state index contributed by atoms with van der Waals surface area (Å²) < 4.78 is 53.3. The molecular formula is C23H26N4O4S2. The molecule has 0 amide bonds. The lowest BCUT2D eigenvalue weighted by molar-refractivity contribution is 0.324. The van der Waals surface area contributed by atoms with Crippen molar-refractivity contribution in [2.45, 2.75) is 62.6 Å². The number of nitriles is 1. The van der Waals surface area contributed by atoms with Crippen molar-refractivity contribution in [2.24, 2.45) is 0 Å². The molecule has 1 aromatic carbocycles. The van der Waals surface area contributed by atoms with Crippen molar-refractivity contribution >= 4 is 30.9 Å². The van der Waals surface area contributed by atoms with Gasteiger partial charge in [0.15, 0.2) is 0 Å². The lowest BCUT2D eigenvalue weighted by Crippen LogP contribution is -2.35. The molecular weight excluding hydrogens is 460 g/mol. The molecule has 1 N–H and O–H groups in total. The van der Waals surface area contributed by atoms with E-state index in [9.17, 15) is 22.1 Å². The maximum atomic E-state index is 12.6. The summed E-state index contributed by atoms with van der Waals surface area (Å²) in [5, 5.41) is 9.99. The molecule has 0 bridgehead atoms. The highest BCUT2D eigenvalue weighted by molar-refractivity contribution is 8.05. The van der Waals surface area contributed by atoms with E-state index in [-0.39, 0.29) is 10.9 Å². The lowest BCUT2D eigenvalue weighted by atomic mass is 9.92. The summed E-state index contributed by atoms with van der Waals surface area (Å²) >= 11 is 0. The van der Waals surface area contributed by atoms with Crippen molar-refractivity contribution in [3.8, 4) is 17.3 Å². The summed E-state index contributed by atoms with van der Waals surface area (Å²) in [6.45, 7) is 4.82. The SMILES string of the molecule is CCc1cc2c(C#N)c(-c3ccc(S(=O)(=O)NS(=O)(=O)C(C)C)cc3)n(C3CCC3)c2cn1. The molecule has 2 heterocycles. The van der Waals surface area contributed by atoms with E-state index >= 15 is 0 Å². The number of hydrogen-bond donors (Lipinski definition) is 1. The highest BCUT2D eigenvalue weighted by Crippen LogP contribution is 2.42. The van der Waals surface area contributed by atoms with Crippen molar-refractivity contribution in [1.82, 2.24) is 13.7 Å². The van der Waals surface area contributed by atoms with Crippen LogP contribution in [0.4, 0.5) is 0 Å². The molecule has 0 atom stereocenters. The van der Waals surface area contributed by atoms with Crippen molar-refractivity contribution in [3.63, 3.8) is 0 Å². The number of benzene rings is 1. The van der Waals surface area contributed by atoms with E-state index in [4.69, 9.17) is 0 Å². The van der Waals surface area contributed by atoms with Crippen molar-refractivity contribution in [3.05, 3.63) is 47.8 Å². The molecule has 1 fully saturated rings. The predicted molar refractivity (Wildman–Crippen MR) is 127 cm³/mol. The molecule has 0 unspecified atom stereocenters. The van der Waals surface area contributed by atoms with Gasteiger partial charge in [-0.2, -0.15) is 5.26 Å². The first kappa shape index (κ1) is 23.4. The number of rotatable bonds is 7. The van der Waals surface area contributed by atoms with Crippen LogP contribution in [0.25, 0.3) is 22.2 Å². The van der Waals surface area contributed by atoms with Gasteiger partial charge in [0.1, 0.15) is 6.07 Å². The van der Waals surface area contributed by atoms with E-state index in [1.165, 1.54) is 26.0 Å². The Balaban J connectivity index is 1.84. The standard InChI is InChI=1S/C23H26N4O4S2/c1-4-17-12-20-21(13-24)23(27(18-6-5-7-18)22(20)14-25-17)16-8-10-19(11-9-16)33(30,31)26-32(28,29)15(2)3/h8-12,14-15,18,26H,4-7H2,1-3H3. The van der Waals surface area contributed by atoms with Gasteiger partial charge in [-0.25, -0.2) is 16.8 Å². The zero-order chi connectivity index (χ0) is 24.0. The van der Waals surface area contributed by atoms with Crippen molar-refractivity contribution in [2.75, 3.05) is 0 Å². The van der Waals surface area contributed by atoms with E-state index in [2.05, 4.69) is 15.6 Å². The second-order valence-electron chi connectivity index (χ2n) is 8.54. The molecule has 2 aromatic heterocycles. The van der Waals surface area contributed by atoms with Crippen LogP contribution in [0, 0.1) is 11.3 Å². The number of aromatic nitrogens is 2. The summed E-state index contributed by atoms with van der Waals surface area (Å²) in [6.07, 6.45) is 5.68. The summed E-state index contributed by atoms with van der Waals surface area (Å²) in [7, 11) is -8.26. The first-order valence-corrected chi connectivity index (χ1v) is 13.9.